The van der Waals surface area contributed by atoms with Crippen LogP contribution in [0.5, 0.6) is 5.75 Å². The number of hydrogen-bond acceptors (Lipinski definition) is 1. The number of ether oxygens (including phenoxy) is 1. The van der Waals surface area contributed by atoms with Gasteiger partial charge in [0.25, 0.3) is 0 Å². The lowest BCUT2D eigenvalue weighted by Gasteiger charge is -2.25. The van der Waals surface area contributed by atoms with E-state index in [0.29, 0.717) is 11.8 Å². The van der Waals surface area contributed by atoms with Gasteiger partial charge in [0.15, 0.2) is 0 Å². The van der Waals surface area contributed by atoms with Gasteiger partial charge in [0, 0.05) is 5.92 Å². The van der Waals surface area contributed by atoms with Gasteiger partial charge in [-0.1, -0.05) is 52.7 Å². The van der Waals surface area contributed by atoms with E-state index in [0.717, 1.165) is 5.75 Å². The van der Waals surface area contributed by atoms with Crippen molar-refractivity contribution in [2.24, 2.45) is 5.92 Å². The molecular weight excluding hydrogens is 232 g/mol. The third kappa shape index (κ3) is 3.77. The van der Waals surface area contributed by atoms with Crippen LogP contribution in [-0.2, 0) is 5.41 Å². The Hall–Kier alpha value is -1.42. The summed E-state index contributed by atoms with van der Waals surface area (Å²) < 4.78 is 5.49. The summed E-state index contributed by atoms with van der Waals surface area (Å²) in [7, 11) is 1.73. The first-order valence-corrected chi connectivity index (χ1v) is 6.92. The Labute approximate surface area is 118 Å². The highest BCUT2D eigenvalue weighted by atomic mass is 16.5. The van der Waals surface area contributed by atoms with Gasteiger partial charge < -0.3 is 4.74 Å². The van der Waals surface area contributed by atoms with Crippen molar-refractivity contribution in [3.05, 3.63) is 29.3 Å². The largest absolute Gasteiger partial charge is 0.496 e. The van der Waals surface area contributed by atoms with Gasteiger partial charge >= 0.3 is 0 Å². The lowest BCUT2D eigenvalue weighted by Crippen LogP contribution is -2.14. The average Bonchev–Trinajstić information content (AvgIpc) is 2.36. The second-order valence-corrected chi connectivity index (χ2v) is 6.18. The third-order valence-electron chi connectivity index (χ3n) is 3.68. The topological polar surface area (TPSA) is 9.23 Å². The monoisotopic (exact) mass is 258 g/mol. The smallest absolute Gasteiger partial charge is 0.122 e. The molecule has 0 saturated carbocycles. The van der Waals surface area contributed by atoms with E-state index >= 15 is 0 Å². The molecule has 2 unspecified atom stereocenters. The van der Waals surface area contributed by atoms with Gasteiger partial charge in [-0.25, -0.2) is 0 Å². The zero-order valence-electron chi connectivity index (χ0n) is 13.3. The highest BCUT2D eigenvalue weighted by Gasteiger charge is 2.21. The summed E-state index contributed by atoms with van der Waals surface area (Å²) in [6, 6.07) is 6.52. The Balaban J connectivity index is 3.21. The molecule has 0 N–H and O–H groups in total. The molecule has 0 spiro atoms. The lowest BCUT2D eigenvalue weighted by molar-refractivity contribution is 0.397. The Bertz CT molecular complexity index is 483. The molecule has 0 aliphatic heterocycles. The summed E-state index contributed by atoms with van der Waals surface area (Å²) in [5.74, 6) is 8.03. The summed E-state index contributed by atoms with van der Waals surface area (Å²) in [5, 5.41) is 0. The van der Waals surface area contributed by atoms with Crippen LogP contribution < -0.4 is 4.74 Å². The van der Waals surface area contributed by atoms with E-state index in [9.17, 15) is 0 Å². The summed E-state index contributed by atoms with van der Waals surface area (Å²) in [6.45, 7) is 13.0. The van der Waals surface area contributed by atoms with Gasteiger partial charge in [-0.05, 0) is 35.4 Å². The summed E-state index contributed by atoms with van der Waals surface area (Å²) >= 11 is 0. The second-order valence-electron chi connectivity index (χ2n) is 6.18. The van der Waals surface area contributed by atoms with E-state index in [1.807, 2.05) is 6.92 Å². The molecule has 0 saturated heterocycles. The van der Waals surface area contributed by atoms with E-state index in [-0.39, 0.29) is 5.41 Å². The van der Waals surface area contributed by atoms with Crippen LogP contribution in [0.4, 0.5) is 0 Å². The van der Waals surface area contributed by atoms with Gasteiger partial charge in [-0.2, -0.15) is 0 Å². The van der Waals surface area contributed by atoms with Gasteiger partial charge in [0.1, 0.15) is 5.75 Å². The van der Waals surface area contributed by atoms with Crippen molar-refractivity contribution in [1.82, 2.24) is 0 Å². The van der Waals surface area contributed by atoms with Crippen molar-refractivity contribution in [3.8, 4) is 17.6 Å². The van der Waals surface area contributed by atoms with Crippen molar-refractivity contribution in [2.75, 3.05) is 7.11 Å². The molecule has 0 fully saturated rings. The predicted octanol–water partition coefficient (Wildman–Crippen LogP) is 4.76. The highest BCUT2D eigenvalue weighted by molar-refractivity contribution is 5.43. The molecule has 1 aromatic rings. The molecule has 0 aromatic heterocycles. The Kier molecular flexibility index (Phi) is 5.06. The minimum Gasteiger partial charge on any atom is -0.496 e. The fourth-order valence-electron chi connectivity index (χ4n) is 2.24. The SMILES string of the molecule is CC#CC(C)C(C)c1ccc(OC)c(C(C)(C)C)c1. The van der Waals surface area contributed by atoms with Gasteiger partial charge in [-0.15, -0.1) is 5.92 Å². The first kappa shape index (κ1) is 15.6. The highest BCUT2D eigenvalue weighted by Crippen LogP contribution is 2.35. The van der Waals surface area contributed by atoms with E-state index in [2.05, 4.69) is 64.7 Å². The molecule has 0 heterocycles. The molecule has 0 amide bonds. The first-order valence-electron chi connectivity index (χ1n) is 6.92. The number of rotatable bonds is 3. The summed E-state index contributed by atoms with van der Waals surface area (Å²) in [6.07, 6.45) is 0. The molecule has 1 aromatic carbocycles. The van der Waals surface area contributed by atoms with Gasteiger partial charge in [0.05, 0.1) is 7.11 Å². The van der Waals surface area contributed by atoms with E-state index < -0.39 is 0 Å². The van der Waals surface area contributed by atoms with Crippen molar-refractivity contribution >= 4 is 0 Å². The van der Waals surface area contributed by atoms with Crippen LogP contribution in [0.25, 0.3) is 0 Å². The maximum atomic E-state index is 5.49. The maximum Gasteiger partial charge on any atom is 0.122 e. The van der Waals surface area contributed by atoms with Gasteiger partial charge in [-0.3, -0.25) is 0 Å². The second kappa shape index (κ2) is 6.15. The lowest BCUT2D eigenvalue weighted by atomic mass is 9.82. The molecule has 19 heavy (non-hydrogen) atoms. The Morgan fingerprint density at radius 3 is 2.26 bits per heavy atom. The molecule has 104 valence electrons. The number of hydrogen-bond donors (Lipinski definition) is 0. The summed E-state index contributed by atoms with van der Waals surface area (Å²) in [4.78, 5) is 0. The third-order valence-corrected chi connectivity index (χ3v) is 3.68. The zero-order chi connectivity index (χ0) is 14.6. The van der Waals surface area contributed by atoms with Crippen molar-refractivity contribution in [1.29, 1.82) is 0 Å². The Morgan fingerprint density at radius 2 is 1.79 bits per heavy atom. The van der Waals surface area contributed by atoms with Crippen LogP contribution in [-0.4, -0.2) is 7.11 Å². The fraction of sp³-hybridized carbons (Fsp3) is 0.556. The molecule has 0 bridgehead atoms. The quantitative estimate of drug-likeness (QED) is 0.711. The molecule has 0 aliphatic rings. The van der Waals surface area contributed by atoms with E-state index in [4.69, 9.17) is 4.74 Å². The van der Waals surface area contributed by atoms with Crippen LogP contribution in [0.3, 0.4) is 0 Å². The van der Waals surface area contributed by atoms with Crippen molar-refractivity contribution in [2.45, 2.75) is 52.9 Å². The molecule has 1 heteroatoms. The first-order chi connectivity index (χ1) is 8.81. The maximum absolute atomic E-state index is 5.49. The number of methoxy groups -OCH3 is 1. The van der Waals surface area contributed by atoms with Crippen molar-refractivity contribution < 1.29 is 4.74 Å². The van der Waals surface area contributed by atoms with Crippen LogP contribution >= 0.6 is 0 Å². The molecule has 0 radical (unpaired) electrons. The molecular formula is C18H26O. The predicted molar refractivity (Wildman–Crippen MR) is 82.7 cm³/mol. The average molecular weight is 258 g/mol. The Morgan fingerprint density at radius 1 is 1.16 bits per heavy atom. The van der Waals surface area contributed by atoms with Crippen LogP contribution in [0.1, 0.15) is 58.6 Å². The van der Waals surface area contributed by atoms with E-state index in [1.54, 1.807) is 7.11 Å². The van der Waals surface area contributed by atoms with Crippen LogP contribution in [0.2, 0.25) is 0 Å². The normalized spacial score (nSPS) is 14.3. The summed E-state index contributed by atoms with van der Waals surface area (Å²) in [5.41, 5.74) is 2.68. The minimum atomic E-state index is 0.0841. The molecule has 1 nitrogen and oxygen atoms in total. The molecule has 1 rings (SSSR count). The molecule has 0 aliphatic carbocycles. The van der Waals surface area contributed by atoms with Crippen LogP contribution in [0.15, 0.2) is 18.2 Å². The van der Waals surface area contributed by atoms with Gasteiger partial charge in [0.2, 0.25) is 0 Å². The standard InChI is InChI=1S/C18H26O/c1-8-9-13(2)14(3)15-10-11-17(19-7)16(12-15)18(4,5)6/h10-14H,1-7H3. The fourth-order valence-corrected chi connectivity index (χ4v) is 2.24. The minimum absolute atomic E-state index is 0.0841. The number of benzene rings is 1. The van der Waals surface area contributed by atoms with Crippen LogP contribution in [0, 0.1) is 17.8 Å². The van der Waals surface area contributed by atoms with Crippen molar-refractivity contribution in [3.63, 3.8) is 0 Å². The molecule has 2 atom stereocenters. The van der Waals surface area contributed by atoms with E-state index in [1.165, 1.54) is 11.1 Å². The zero-order valence-corrected chi connectivity index (χ0v) is 13.3.